The SMILES string of the molecule is I.NC(=NCC1(C2CC2)CCC1)NCCCN1CCOCC1. The van der Waals surface area contributed by atoms with Gasteiger partial charge in [-0.05, 0) is 50.0 Å². The highest BCUT2D eigenvalue weighted by Gasteiger charge is 2.48. The lowest BCUT2D eigenvalue weighted by Crippen LogP contribution is -2.40. The lowest BCUT2D eigenvalue weighted by Gasteiger charge is -2.41. The number of guanidine groups is 1. The van der Waals surface area contributed by atoms with Crippen molar-refractivity contribution in [3.05, 3.63) is 0 Å². The van der Waals surface area contributed by atoms with Crippen LogP contribution in [-0.2, 0) is 4.74 Å². The first-order chi connectivity index (χ1) is 10.3. The van der Waals surface area contributed by atoms with Crippen molar-refractivity contribution in [2.45, 2.75) is 38.5 Å². The Morgan fingerprint density at radius 3 is 2.59 bits per heavy atom. The van der Waals surface area contributed by atoms with Gasteiger partial charge in [0.15, 0.2) is 5.96 Å². The molecule has 0 aromatic carbocycles. The summed E-state index contributed by atoms with van der Waals surface area (Å²) in [7, 11) is 0. The van der Waals surface area contributed by atoms with Crippen LogP contribution in [0.4, 0.5) is 0 Å². The number of aliphatic imine (C=N–C) groups is 1. The van der Waals surface area contributed by atoms with Gasteiger partial charge in [0.25, 0.3) is 0 Å². The molecule has 0 amide bonds. The van der Waals surface area contributed by atoms with Crippen LogP contribution in [0.1, 0.15) is 38.5 Å². The van der Waals surface area contributed by atoms with Crippen LogP contribution in [0, 0.1) is 11.3 Å². The van der Waals surface area contributed by atoms with Gasteiger partial charge < -0.3 is 15.8 Å². The lowest BCUT2D eigenvalue weighted by atomic mass is 9.65. The van der Waals surface area contributed by atoms with Crippen LogP contribution < -0.4 is 11.1 Å². The summed E-state index contributed by atoms with van der Waals surface area (Å²) < 4.78 is 5.35. The number of rotatable bonds is 7. The molecular formula is C16H31IN4O. The van der Waals surface area contributed by atoms with Crippen molar-refractivity contribution >= 4 is 29.9 Å². The van der Waals surface area contributed by atoms with Crippen LogP contribution in [0.3, 0.4) is 0 Å². The minimum atomic E-state index is 0. The average molecular weight is 422 g/mol. The third kappa shape index (κ3) is 4.96. The Bertz CT molecular complexity index is 363. The molecule has 6 heteroatoms. The zero-order valence-corrected chi connectivity index (χ0v) is 15.9. The molecule has 0 aromatic rings. The number of hydrogen-bond acceptors (Lipinski definition) is 3. The minimum absolute atomic E-state index is 0. The Kier molecular flexibility index (Phi) is 7.21. The highest BCUT2D eigenvalue weighted by atomic mass is 127. The Balaban J connectivity index is 0.00000176. The number of nitrogens with two attached hydrogens (primary N) is 1. The van der Waals surface area contributed by atoms with Crippen LogP contribution >= 0.6 is 24.0 Å². The van der Waals surface area contributed by atoms with Crippen molar-refractivity contribution in [2.75, 3.05) is 45.9 Å². The molecule has 1 heterocycles. The molecule has 0 spiro atoms. The minimum Gasteiger partial charge on any atom is -0.379 e. The number of nitrogens with zero attached hydrogens (tertiary/aromatic N) is 2. The smallest absolute Gasteiger partial charge is 0.188 e. The fourth-order valence-electron chi connectivity index (χ4n) is 3.66. The van der Waals surface area contributed by atoms with Crippen molar-refractivity contribution in [2.24, 2.45) is 22.1 Å². The van der Waals surface area contributed by atoms with Crippen molar-refractivity contribution in [3.63, 3.8) is 0 Å². The van der Waals surface area contributed by atoms with Gasteiger partial charge in [-0.2, -0.15) is 0 Å². The molecule has 2 saturated carbocycles. The van der Waals surface area contributed by atoms with E-state index in [-0.39, 0.29) is 24.0 Å². The third-order valence-electron chi connectivity index (χ3n) is 5.42. The van der Waals surface area contributed by atoms with Crippen LogP contribution in [0.25, 0.3) is 0 Å². The van der Waals surface area contributed by atoms with E-state index in [9.17, 15) is 0 Å². The van der Waals surface area contributed by atoms with E-state index < -0.39 is 0 Å². The number of morpholine rings is 1. The number of hydrogen-bond donors (Lipinski definition) is 2. The summed E-state index contributed by atoms with van der Waals surface area (Å²) in [6.45, 7) is 6.86. The van der Waals surface area contributed by atoms with Crippen LogP contribution in [0.2, 0.25) is 0 Å². The standard InChI is InChI=1S/C16H30N4O.HI/c17-15(18-7-2-8-20-9-11-21-12-10-20)19-13-16(5-1-6-16)14-3-4-14;/h14H,1-13H2,(H3,17,18,19);1H. The van der Waals surface area contributed by atoms with Gasteiger partial charge in [-0.15, -0.1) is 24.0 Å². The van der Waals surface area contributed by atoms with Crippen LogP contribution in [-0.4, -0.2) is 56.8 Å². The fourth-order valence-corrected chi connectivity index (χ4v) is 3.66. The van der Waals surface area contributed by atoms with Crippen molar-refractivity contribution in [3.8, 4) is 0 Å². The maximum absolute atomic E-state index is 6.00. The summed E-state index contributed by atoms with van der Waals surface area (Å²) in [5.74, 6) is 1.59. The van der Waals surface area contributed by atoms with E-state index in [2.05, 4.69) is 15.2 Å². The molecule has 0 unspecified atom stereocenters. The van der Waals surface area contributed by atoms with Gasteiger partial charge in [-0.1, -0.05) is 6.42 Å². The molecule has 3 aliphatic rings. The van der Waals surface area contributed by atoms with Gasteiger partial charge in [0.2, 0.25) is 0 Å². The van der Waals surface area contributed by atoms with Gasteiger partial charge in [-0.3, -0.25) is 9.89 Å². The van der Waals surface area contributed by atoms with Crippen molar-refractivity contribution < 1.29 is 4.74 Å². The molecule has 1 aliphatic heterocycles. The summed E-state index contributed by atoms with van der Waals surface area (Å²) in [6, 6.07) is 0. The predicted octanol–water partition coefficient (Wildman–Crippen LogP) is 1.81. The second kappa shape index (κ2) is 8.68. The highest BCUT2D eigenvalue weighted by molar-refractivity contribution is 14.0. The lowest BCUT2D eigenvalue weighted by molar-refractivity contribution is 0.0376. The van der Waals surface area contributed by atoms with E-state index in [0.29, 0.717) is 11.4 Å². The monoisotopic (exact) mass is 422 g/mol. The molecule has 128 valence electrons. The predicted molar refractivity (Wildman–Crippen MR) is 101 cm³/mol. The molecular weight excluding hydrogens is 391 g/mol. The second-order valence-electron chi connectivity index (χ2n) is 6.93. The zero-order chi connectivity index (χ0) is 14.5. The average Bonchev–Trinajstić information content (AvgIpc) is 3.29. The summed E-state index contributed by atoms with van der Waals surface area (Å²) >= 11 is 0. The second-order valence-corrected chi connectivity index (χ2v) is 6.93. The van der Waals surface area contributed by atoms with Crippen molar-refractivity contribution in [1.29, 1.82) is 0 Å². The van der Waals surface area contributed by atoms with Gasteiger partial charge in [0, 0.05) is 26.2 Å². The molecule has 5 nitrogen and oxygen atoms in total. The highest BCUT2D eigenvalue weighted by Crippen LogP contribution is 2.57. The summed E-state index contributed by atoms with van der Waals surface area (Å²) in [6.07, 6.45) is 8.07. The maximum Gasteiger partial charge on any atom is 0.188 e. The van der Waals surface area contributed by atoms with E-state index in [0.717, 1.165) is 58.3 Å². The molecule has 0 bridgehead atoms. The summed E-state index contributed by atoms with van der Waals surface area (Å²) in [5, 5.41) is 3.27. The third-order valence-corrected chi connectivity index (χ3v) is 5.42. The van der Waals surface area contributed by atoms with Crippen LogP contribution in [0.15, 0.2) is 4.99 Å². The maximum atomic E-state index is 6.00. The largest absolute Gasteiger partial charge is 0.379 e. The van der Waals surface area contributed by atoms with E-state index in [4.69, 9.17) is 10.5 Å². The molecule has 0 atom stereocenters. The molecule has 3 fully saturated rings. The van der Waals surface area contributed by atoms with Crippen molar-refractivity contribution in [1.82, 2.24) is 10.2 Å². The number of halogens is 1. The first kappa shape index (κ1) is 18.3. The Morgan fingerprint density at radius 2 is 2.00 bits per heavy atom. The topological polar surface area (TPSA) is 62.9 Å². The molecule has 3 N–H and O–H groups in total. The van der Waals surface area contributed by atoms with E-state index >= 15 is 0 Å². The first-order valence-electron chi connectivity index (χ1n) is 8.62. The van der Waals surface area contributed by atoms with Crippen LogP contribution in [0.5, 0.6) is 0 Å². The summed E-state index contributed by atoms with van der Waals surface area (Å²) in [5.41, 5.74) is 6.53. The molecule has 2 aliphatic carbocycles. The zero-order valence-electron chi connectivity index (χ0n) is 13.6. The van der Waals surface area contributed by atoms with Gasteiger partial charge in [0.1, 0.15) is 0 Å². The molecule has 3 rings (SSSR count). The summed E-state index contributed by atoms with van der Waals surface area (Å²) in [4.78, 5) is 7.07. The Labute approximate surface area is 151 Å². The first-order valence-corrected chi connectivity index (χ1v) is 8.62. The fraction of sp³-hybridized carbons (Fsp3) is 0.938. The van der Waals surface area contributed by atoms with Gasteiger partial charge >= 0.3 is 0 Å². The molecule has 22 heavy (non-hydrogen) atoms. The number of nitrogens with one attached hydrogen (secondary N) is 1. The Morgan fingerprint density at radius 1 is 1.27 bits per heavy atom. The van der Waals surface area contributed by atoms with E-state index in [1.54, 1.807) is 0 Å². The quantitative estimate of drug-likeness (QED) is 0.284. The molecule has 0 radical (unpaired) electrons. The van der Waals surface area contributed by atoms with E-state index in [1.807, 2.05) is 0 Å². The van der Waals surface area contributed by atoms with Gasteiger partial charge in [-0.25, -0.2) is 0 Å². The molecule has 0 aromatic heterocycles. The molecule has 1 saturated heterocycles. The number of ether oxygens (including phenoxy) is 1. The normalized spacial score (nSPS) is 25.2. The van der Waals surface area contributed by atoms with E-state index in [1.165, 1.54) is 32.1 Å². The van der Waals surface area contributed by atoms with Gasteiger partial charge in [0.05, 0.1) is 13.2 Å². The Hall–Kier alpha value is -0.0800.